The largest absolute Gasteiger partial charge is 0.550 e. The fourth-order valence-electron chi connectivity index (χ4n) is 5.83. The van der Waals surface area contributed by atoms with E-state index in [1.165, 1.54) is 6.42 Å². The average Bonchev–Trinajstić information content (AvgIpc) is 2.94. The molecule has 0 amide bonds. The molecular formula is C37H68O9. The quantitative estimate of drug-likeness (QED) is 0.0982. The van der Waals surface area contributed by atoms with Gasteiger partial charge in [0.15, 0.2) is 0 Å². The molecule has 0 aliphatic heterocycles. The maximum atomic E-state index is 11.8. The zero-order valence-electron chi connectivity index (χ0n) is 31.4. The Bertz CT molecular complexity index is 843. The lowest BCUT2D eigenvalue weighted by Gasteiger charge is -2.36. The summed E-state index contributed by atoms with van der Waals surface area (Å²) in [5.41, 5.74) is 0.533. The average molecular weight is 657 g/mol. The van der Waals surface area contributed by atoms with Crippen LogP contribution in [0.4, 0.5) is 9.59 Å². The topological polar surface area (TPSA) is 107 Å². The molecule has 0 aromatic rings. The van der Waals surface area contributed by atoms with Crippen molar-refractivity contribution in [2.24, 2.45) is 28.1 Å². The Balaban J connectivity index is 0.000000510. The van der Waals surface area contributed by atoms with Gasteiger partial charge in [-0.25, -0.2) is 4.79 Å². The van der Waals surface area contributed by atoms with Gasteiger partial charge in [0.05, 0.1) is 0 Å². The van der Waals surface area contributed by atoms with Gasteiger partial charge >= 0.3 is 18.3 Å². The zero-order valence-corrected chi connectivity index (χ0v) is 31.4. The molecule has 0 atom stereocenters. The number of rotatable bonds is 10. The van der Waals surface area contributed by atoms with E-state index in [1.54, 1.807) is 0 Å². The fraction of sp³-hybridized carbons (Fsp3) is 0.919. The summed E-state index contributed by atoms with van der Waals surface area (Å²) in [6.07, 6.45) is 10.5. The molecule has 0 spiro atoms. The highest BCUT2D eigenvalue weighted by atomic mass is 17.3. The Morgan fingerprint density at radius 2 is 0.978 bits per heavy atom. The summed E-state index contributed by atoms with van der Waals surface area (Å²) in [4.78, 5) is 53.8. The molecule has 46 heavy (non-hydrogen) atoms. The highest BCUT2D eigenvalue weighted by Crippen LogP contribution is 2.39. The van der Waals surface area contributed by atoms with Crippen molar-refractivity contribution in [3.05, 3.63) is 0 Å². The number of hydrogen-bond acceptors (Lipinski definition) is 9. The molecule has 0 aromatic carbocycles. The smallest absolute Gasteiger partial charge is 0.428 e. The Kier molecular flexibility index (Phi) is 17.4. The van der Waals surface area contributed by atoms with Gasteiger partial charge < -0.3 is 9.47 Å². The summed E-state index contributed by atoms with van der Waals surface area (Å²) in [6.45, 7) is 26.0. The molecule has 0 N–H and O–H groups in total. The minimum Gasteiger partial charge on any atom is -0.428 e. The highest BCUT2D eigenvalue weighted by molar-refractivity contribution is 5.68. The van der Waals surface area contributed by atoms with Crippen LogP contribution >= 0.6 is 0 Å². The first-order valence-corrected chi connectivity index (χ1v) is 17.8. The van der Waals surface area contributed by atoms with Crippen molar-refractivity contribution >= 4 is 18.3 Å². The molecule has 0 heterocycles. The lowest BCUT2D eigenvalue weighted by molar-refractivity contribution is -0.325. The molecule has 270 valence electrons. The van der Waals surface area contributed by atoms with E-state index in [-0.39, 0.29) is 34.6 Å². The molecule has 2 fully saturated rings. The SMILES string of the molecule is CC(C)(C)C1CCC(OC(=O)OOC(=O)OC2CCC(C(C)(C)C)CC2)CC1.CCC(C)(C)OOC(=O)CCCCCC(C)(C)C. The third-order valence-corrected chi connectivity index (χ3v) is 9.52. The second-order valence-corrected chi connectivity index (χ2v) is 17.4. The molecule has 0 bridgehead atoms. The number of hydrogen-bond donors (Lipinski definition) is 0. The highest BCUT2D eigenvalue weighted by Gasteiger charge is 2.33. The van der Waals surface area contributed by atoms with E-state index in [0.29, 0.717) is 23.7 Å². The Morgan fingerprint density at radius 1 is 0.565 bits per heavy atom. The summed E-state index contributed by atoms with van der Waals surface area (Å²) in [5.74, 6) is 0.998. The van der Waals surface area contributed by atoms with E-state index < -0.39 is 12.3 Å². The first-order chi connectivity index (χ1) is 21.1. The van der Waals surface area contributed by atoms with E-state index in [0.717, 1.165) is 77.0 Å². The van der Waals surface area contributed by atoms with Crippen LogP contribution in [0.5, 0.6) is 0 Å². The molecule has 2 aliphatic carbocycles. The monoisotopic (exact) mass is 656 g/mol. The third-order valence-electron chi connectivity index (χ3n) is 9.52. The van der Waals surface area contributed by atoms with E-state index in [9.17, 15) is 14.4 Å². The summed E-state index contributed by atoms with van der Waals surface area (Å²) < 4.78 is 10.5. The van der Waals surface area contributed by atoms with Crippen LogP contribution in [0.3, 0.4) is 0 Å². The van der Waals surface area contributed by atoms with Crippen LogP contribution in [0.25, 0.3) is 0 Å². The van der Waals surface area contributed by atoms with Gasteiger partial charge in [-0.2, -0.15) is 24.3 Å². The van der Waals surface area contributed by atoms with E-state index in [4.69, 9.17) is 19.2 Å². The Hall–Kier alpha value is -2.03. The summed E-state index contributed by atoms with van der Waals surface area (Å²) in [6, 6.07) is 0. The fourth-order valence-corrected chi connectivity index (χ4v) is 5.83. The van der Waals surface area contributed by atoms with Gasteiger partial charge in [0.25, 0.3) is 0 Å². The first kappa shape index (κ1) is 42.0. The van der Waals surface area contributed by atoms with E-state index >= 15 is 0 Å². The van der Waals surface area contributed by atoms with Gasteiger partial charge in [-0.05, 0) is 113 Å². The Labute approximate surface area is 280 Å². The maximum Gasteiger partial charge on any atom is 0.550 e. The summed E-state index contributed by atoms with van der Waals surface area (Å²) in [5, 5.41) is 0. The molecule has 9 heteroatoms. The molecule has 0 aromatic heterocycles. The lowest BCUT2D eigenvalue weighted by atomic mass is 9.72. The molecule has 0 unspecified atom stereocenters. The number of carbonyl (C=O) groups is 3. The predicted molar refractivity (Wildman–Crippen MR) is 180 cm³/mol. The van der Waals surface area contributed by atoms with Gasteiger partial charge in [0.2, 0.25) is 0 Å². The van der Waals surface area contributed by atoms with Crippen LogP contribution in [0.2, 0.25) is 0 Å². The zero-order chi connectivity index (χ0) is 35.2. The molecule has 9 nitrogen and oxygen atoms in total. The van der Waals surface area contributed by atoms with Crippen molar-refractivity contribution < 1.29 is 43.4 Å². The first-order valence-electron chi connectivity index (χ1n) is 17.8. The molecule has 2 saturated carbocycles. The molecule has 2 rings (SSSR count). The van der Waals surface area contributed by atoms with Gasteiger partial charge in [0.1, 0.15) is 17.8 Å². The predicted octanol–water partition coefficient (Wildman–Crippen LogP) is 11.1. The van der Waals surface area contributed by atoms with Gasteiger partial charge in [-0.15, -0.1) is 0 Å². The van der Waals surface area contributed by atoms with Gasteiger partial charge in [-0.3, -0.25) is 4.89 Å². The van der Waals surface area contributed by atoms with E-state index in [2.05, 4.69) is 72.1 Å². The van der Waals surface area contributed by atoms with Crippen LogP contribution in [0, 0.1) is 28.1 Å². The van der Waals surface area contributed by atoms with Crippen molar-refractivity contribution in [1.82, 2.24) is 0 Å². The van der Waals surface area contributed by atoms with Crippen molar-refractivity contribution in [3.63, 3.8) is 0 Å². The van der Waals surface area contributed by atoms with Crippen LogP contribution in [-0.2, 0) is 33.8 Å². The number of unbranched alkanes of at least 4 members (excludes halogenated alkanes) is 2. The van der Waals surface area contributed by atoms with Crippen LogP contribution < -0.4 is 0 Å². The minimum absolute atomic E-state index is 0.182. The summed E-state index contributed by atoms with van der Waals surface area (Å²) in [7, 11) is 0. The van der Waals surface area contributed by atoms with E-state index in [1.807, 2.05) is 20.8 Å². The second-order valence-electron chi connectivity index (χ2n) is 17.4. The molecule has 2 aliphatic rings. The summed E-state index contributed by atoms with van der Waals surface area (Å²) >= 11 is 0. The van der Waals surface area contributed by atoms with Crippen molar-refractivity contribution in [2.75, 3.05) is 0 Å². The number of carbonyl (C=O) groups excluding carboxylic acids is 3. The lowest BCUT2D eigenvalue weighted by Crippen LogP contribution is -2.31. The van der Waals surface area contributed by atoms with Crippen LogP contribution in [0.15, 0.2) is 0 Å². The van der Waals surface area contributed by atoms with Gasteiger partial charge in [-0.1, -0.05) is 82.1 Å². The van der Waals surface area contributed by atoms with Crippen LogP contribution in [-0.4, -0.2) is 36.1 Å². The molecule has 0 saturated heterocycles. The standard InChI is InChI=1S/C22H38O6.C15H30O3/c1-21(2,3)15-7-11-17(12-8-15)25-19(23)27-28-20(24)26-18-13-9-16(10-14-18)22(4,5)6;1-7-15(5,6)18-17-13(16)11-9-8-10-12-14(2,3)4/h15-18H,7-14H2,1-6H3;7-12H2,1-6H3. The van der Waals surface area contributed by atoms with Crippen molar-refractivity contribution in [3.8, 4) is 0 Å². The minimum atomic E-state index is -0.979. The second kappa shape index (κ2) is 19.1. The van der Waals surface area contributed by atoms with Crippen molar-refractivity contribution in [2.45, 2.75) is 191 Å². The Morgan fingerprint density at radius 3 is 1.33 bits per heavy atom. The van der Waals surface area contributed by atoms with Gasteiger partial charge in [0, 0.05) is 6.42 Å². The molecule has 0 radical (unpaired) electrons. The van der Waals surface area contributed by atoms with Crippen LogP contribution in [0.1, 0.15) is 173 Å². The normalized spacial score (nSPS) is 22.5. The van der Waals surface area contributed by atoms with Crippen molar-refractivity contribution in [1.29, 1.82) is 0 Å². The maximum absolute atomic E-state index is 11.8. The number of ether oxygens (including phenoxy) is 2. The molecular weight excluding hydrogens is 588 g/mol. The third kappa shape index (κ3) is 19.0.